The van der Waals surface area contributed by atoms with Crippen LogP contribution in [0.3, 0.4) is 0 Å². The lowest BCUT2D eigenvalue weighted by atomic mass is 9.75. The number of benzene rings is 2. The molecule has 4 N–H and O–H groups in total. The number of rotatable bonds is 6. The van der Waals surface area contributed by atoms with Gasteiger partial charge in [0, 0.05) is 12.8 Å². The molecule has 2 atom stereocenters. The van der Waals surface area contributed by atoms with Crippen LogP contribution in [0.1, 0.15) is 69.2 Å². The van der Waals surface area contributed by atoms with Crippen LogP contribution in [0, 0.1) is 13.8 Å². The van der Waals surface area contributed by atoms with Crippen LogP contribution in [0.5, 0.6) is 11.5 Å². The Hall–Kier alpha value is -3.08. The highest BCUT2D eigenvalue weighted by Crippen LogP contribution is 2.41. The lowest BCUT2D eigenvalue weighted by Crippen LogP contribution is -2.28. The van der Waals surface area contributed by atoms with Crippen LogP contribution >= 0.6 is 0 Å². The van der Waals surface area contributed by atoms with E-state index < -0.39 is 11.2 Å². The van der Waals surface area contributed by atoms with Gasteiger partial charge >= 0.3 is 0 Å². The van der Waals surface area contributed by atoms with E-state index >= 15 is 0 Å². The number of phenols is 2. The topological polar surface area (TPSA) is 80.9 Å². The highest BCUT2D eigenvalue weighted by molar-refractivity contribution is 5.51. The number of phenolic OH excluding ortho intramolecular Hbond substituents is 2. The molecule has 0 saturated heterocycles. The molecule has 0 aliphatic heterocycles. The van der Waals surface area contributed by atoms with Crippen molar-refractivity contribution in [3.63, 3.8) is 0 Å². The molecule has 2 unspecified atom stereocenters. The quantitative estimate of drug-likeness (QED) is 0.356. The Balaban J connectivity index is 1.65. The van der Waals surface area contributed by atoms with Crippen molar-refractivity contribution in [3.05, 3.63) is 104 Å². The first-order valence-electron chi connectivity index (χ1n) is 13.1. The molecular formula is C33H40O4. The van der Waals surface area contributed by atoms with Gasteiger partial charge in [-0.25, -0.2) is 0 Å². The van der Waals surface area contributed by atoms with Crippen LogP contribution in [0.25, 0.3) is 0 Å². The van der Waals surface area contributed by atoms with Crippen LogP contribution in [0.4, 0.5) is 0 Å². The van der Waals surface area contributed by atoms with Gasteiger partial charge in [-0.3, -0.25) is 0 Å². The van der Waals surface area contributed by atoms with Gasteiger partial charge < -0.3 is 20.4 Å². The number of allylic oxidation sites excluding steroid dienone is 4. The van der Waals surface area contributed by atoms with E-state index in [-0.39, 0.29) is 0 Å². The average Bonchev–Trinajstić information content (AvgIpc) is 2.79. The summed E-state index contributed by atoms with van der Waals surface area (Å²) < 4.78 is 0. The molecule has 4 rings (SSSR count). The maximum atomic E-state index is 11.2. The van der Waals surface area contributed by atoms with Crippen molar-refractivity contribution in [2.75, 3.05) is 0 Å². The second-order valence-corrected chi connectivity index (χ2v) is 11.6. The molecule has 4 heteroatoms. The zero-order chi connectivity index (χ0) is 27.1. The lowest BCUT2D eigenvalue weighted by Gasteiger charge is -2.33. The fourth-order valence-corrected chi connectivity index (χ4v) is 5.76. The predicted octanol–water partition coefficient (Wildman–Crippen LogP) is 6.69. The molecule has 196 valence electrons. The standard InChI is InChI=1S/C33H40O4/c1-20-11-24(7-9-30(20)34)13-26-16-32(5,36)18-28(22(26)3)15-29-19-33(6,37)17-27(23(29)4)14-25-8-10-31(35)21(2)12-25/h7-12,18-19,34-37H,13-17H2,1-6H3. The van der Waals surface area contributed by atoms with Crippen LogP contribution in [-0.2, 0) is 12.8 Å². The number of hydrogen-bond acceptors (Lipinski definition) is 4. The van der Waals surface area contributed by atoms with E-state index in [4.69, 9.17) is 0 Å². The van der Waals surface area contributed by atoms with Crippen molar-refractivity contribution in [1.82, 2.24) is 0 Å². The van der Waals surface area contributed by atoms with E-state index in [0.717, 1.165) is 46.2 Å². The van der Waals surface area contributed by atoms with E-state index in [1.807, 2.05) is 64.1 Å². The zero-order valence-corrected chi connectivity index (χ0v) is 22.9. The molecule has 0 aromatic heterocycles. The summed E-state index contributed by atoms with van der Waals surface area (Å²) in [5, 5.41) is 42.1. The molecule has 4 nitrogen and oxygen atoms in total. The third-order valence-electron chi connectivity index (χ3n) is 7.88. The summed E-state index contributed by atoms with van der Waals surface area (Å²) in [6.07, 6.45) is 7.18. The minimum atomic E-state index is -0.947. The molecule has 2 aromatic carbocycles. The number of aromatic hydroxyl groups is 2. The first kappa shape index (κ1) is 27.0. The van der Waals surface area contributed by atoms with Crippen molar-refractivity contribution in [3.8, 4) is 11.5 Å². The summed E-state index contributed by atoms with van der Waals surface area (Å²) >= 11 is 0. The molecule has 0 radical (unpaired) electrons. The normalized spacial score (nSPS) is 24.3. The molecule has 37 heavy (non-hydrogen) atoms. The molecule has 2 aliphatic rings. The van der Waals surface area contributed by atoms with Gasteiger partial charge in [0.15, 0.2) is 0 Å². The maximum Gasteiger partial charge on any atom is 0.118 e. The van der Waals surface area contributed by atoms with Crippen molar-refractivity contribution >= 4 is 0 Å². The van der Waals surface area contributed by atoms with Crippen molar-refractivity contribution in [1.29, 1.82) is 0 Å². The van der Waals surface area contributed by atoms with Gasteiger partial charge in [0.1, 0.15) is 11.5 Å². The van der Waals surface area contributed by atoms with E-state index in [0.29, 0.717) is 30.8 Å². The summed E-state index contributed by atoms with van der Waals surface area (Å²) in [5.74, 6) is 0.588. The van der Waals surface area contributed by atoms with Crippen molar-refractivity contribution in [2.24, 2.45) is 0 Å². The molecule has 0 amide bonds. The molecule has 0 bridgehead atoms. The highest BCUT2D eigenvalue weighted by Gasteiger charge is 2.31. The van der Waals surface area contributed by atoms with Gasteiger partial charge in [0.25, 0.3) is 0 Å². The zero-order valence-electron chi connectivity index (χ0n) is 22.9. The van der Waals surface area contributed by atoms with Gasteiger partial charge in [-0.05, 0) is 130 Å². The summed E-state index contributed by atoms with van der Waals surface area (Å²) in [6, 6.07) is 11.4. The summed E-state index contributed by atoms with van der Waals surface area (Å²) in [6.45, 7) is 11.8. The third-order valence-corrected chi connectivity index (χ3v) is 7.88. The SMILES string of the molecule is CC1=C(Cc2ccc(O)c(C)c2)CC(C)(O)C=C1CC1=CC(C)(O)CC(Cc2ccc(O)c(C)c2)=C1C. The van der Waals surface area contributed by atoms with E-state index in [1.54, 1.807) is 12.1 Å². The number of aliphatic hydroxyl groups is 2. The fraction of sp³-hybridized carbons (Fsp3) is 0.394. The molecule has 2 aliphatic carbocycles. The van der Waals surface area contributed by atoms with Crippen LogP contribution < -0.4 is 0 Å². The van der Waals surface area contributed by atoms with Gasteiger partial charge in [-0.2, -0.15) is 0 Å². The van der Waals surface area contributed by atoms with E-state index in [1.165, 1.54) is 22.3 Å². The average molecular weight is 501 g/mol. The second-order valence-electron chi connectivity index (χ2n) is 11.6. The van der Waals surface area contributed by atoms with Gasteiger partial charge in [-0.1, -0.05) is 35.4 Å². The van der Waals surface area contributed by atoms with Crippen LogP contribution in [-0.4, -0.2) is 31.6 Å². The Labute approximate surface area is 221 Å². The smallest absolute Gasteiger partial charge is 0.118 e. The number of hydrogen-bond donors (Lipinski definition) is 4. The molecule has 2 aromatic rings. The Morgan fingerprint density at radius 3 is 1.35 bits per heavy atom. The maximum absolute atomic E-state index is 11.2. The number of aryl methyl sites for hydroxylation is 2. The highest BCUT2D eigenvalue weighted by atomic mass is 16.3. The first-order chi connectivity index (χ1) is 17.2. The summed E-state index contributed by atoms with van der Waals surface area (Å²) in [4.78, 5) is 0. The van der Waals surface area contributed by atoms with E-state index in [2.05, 4.69) is 13.8 Å². The fourth-order valence-electron chi connectivity index (χ4n) is 5.76. The third kappa shape index (κ3) is 6.26. The largest absolute Gasteiger partial charge is 0.508 e. The Bertz CT molecular complexity index is 1240. The van der Waals surface area contributed by atoms with Crippen molar-refractivity contribution in [2.45, 2.75) is 84.8 Å². The summed E-state index contributed by atoms with van der Waals surface area (Å²) in [5.41, 5.74) is 8.97. The minimum Gasteiger partial charge on any atom is -0.508 e. The van der Waals surface area contributed by atoms with E-state index in [9.17, 15) is 20.4 Å². The Kier molecular flexibility index (Phi) is 7.29. The lowest BCUT2D eigenvalue weighted by molar-refractivity contribution is 0.108. The van der Waals surface area contributed by atoms with Gasteiger partial charge in [-0.15, -0.1) is 0 Å². The molecule has 0 spiro atoms. The Morgan fingerprint density at radius 1 is 0.622 bits per heavy atom. The van der Waals surface area contributed by atoms with Crippen LogP contribution in [0.2, 0.25) is 0 Å². The van der Waals surface area contributed by atoms with Crippen molar-refractivity contribution < 1.29 is 20.4 Å². The predicted molar refractivity (Wildman–Crippen MR) is 150 cm³/mol. The first-order valence-corrected chi connectivity index (χ1v) is 13.1. The molecular weight excluding hydrogens is 460 g/mol. The Morgan fingerprint density at radius 2 is 1.00 bits per heavy atom. The minimum absolute atomic E-state index is 0.294. The van der Waals surface area contributed by atoms with Gasteiger partial charge in [0.05, 0.1) is 11.2 Å². The summed E-state index contributed by atoms with van der Waals surface area (Å²) in [7, 11) is 0. The molecule has 0 heterocycles. The van der Waals surface area contributed by atoms with Crippen LogP contribution in [0.15, 0.2) is 82.0 Å². The molecule has 0 saturated carbocycles. The second kappa shape index (κ2) is 10.00. The van der Waals surface area contributed by atoms with Gasteiger partial charge in [0.2, 0.25) is 0 Å². The molecule has 0 fully saturated rings. The monoisotopic (exact) mass is 500 g/mol.